The van der Waals surface area contributed by atoms with Crippen molar-refractivity contribution in [2.24, 2.45) is 0 Å². The number of aryl methyl sites for hydroxylation is 1. The summed E-state index contributed by atoms with van der Waals surface area (Å²) in [6.45, 7) is 2.25. The third-order valence-electron chi connectivity index (χ3n) is 2.86. The molecule has 0 bridgehead atoms. The van der Waals surface area contributed by atoms with Crippen LogP contribution >= 0.6 is 0 Å². The van der Waals surface area contributed by atoms with Gasteiger partial charge in [0.25, 0.3) is 5.91 Å². The van der Waals surface area contributed by atoms with Crippen LogP contribution in [0.5, 0.6) is 0 Å². The van der Waals surface area contributed by atoms with Crippen molar-refractivity contribution >= 4 is 5.91 Å². The van der Waals surface area contributed by atoms with Gasteiger partial charge in [-0.15, -0.1) is 0 Å². The molecule has 4 heteroatoms. The Bertz CT molecular complexity index is 570. The minimum Gasteiger partial charge on any atom is -0.352 e. The van der Waals surface area contributed by atoms with Gasteiger partial charge in [-0.3, -0.25) is 9.78 Å². The number of benzene rings is 1. The number of carbonyl (C=O) groups is 1. The summed E-state index contributed by atoms with van der Waals surface area (Å²) in [7, 11) is 0. The van der Waals surface area contributed by atoms with E-state index < -0.39 is 0 Å². The highest BCUT2D eigenvalue weighted by molar-refractivity contribution is 5.95. The summed E-state index contributed by atoms with van der Waals surface area (Å²) < 4.78 is 12.9. The maximum atomic E-state index is 12.9. The van der Waals surface area contributed by atoms with Crippen molar-refractivity contribution in [3.8, 4) is 0 Å². The first kappa shape index (κ1) is 13.2. The molecule has 1 aromatic carbocycles. The van der Waals surface area contributed by atoms with Gasteiger partial charge < -0.3 is 5.32 Å². The number of hydrogen-bond acceptors (Lipinski definition) is 2. The molecule has 0 spiro atoms. The molecule has 0 radical (unpaired) electrons. The number of amides is 1. The van der Waals surface area contributed by atoms with Gasteiger partial charge in [-0.25, -0.2) is 4.39 Å². The number of halogens is 1. The second-order valence-electron chi connectivity index (χ2n) is 4.33. The molecule has 2 aromatic rings. The molecule has 19 heavy (non-hydrogen) atoms. The summed E-state index contributed by atoms with van der Waals surface area (Å²) in [6.07, 6.45) is 4.21. The molecule has 0 aliphatic rings. The molecule has 0 saturated carbocycles. The highest BCUT2D eigenvalue weighted by Gasteiger charge is 2.08. The van der Waals surface area contributed by atoms with Gasteiger partial charge in [0.1, 0.15) is 5.82 Å². The molecule has 1 heterocycles. The van der Waals surface area contributed by atoms with Crippen molar-refractivity contribution in [1.29, 1.82) is 0 Å². The highest BCUT2D eigenvalue weighted by atomic mass is 19.1. The average Bonchev–Trinajstić information content (AvgIpc) is 2.39. The lowest BCUT2D eigenvalue weighted by Crippen LogP contribution is -2.26. The first-order valence-electron chi connectivity index (χ1n) is 6.10. The van der Waals surface area contributed by atoms with E-state index in [9.17, 15) is 9.18 Å². The van der Waals surface area contributed by atoms with Crippen molar-refractivity contribution in [3.05, 3.63) is 65.2 Å². The van der Waals surface area contributed by atoms with Crippen molar-refractivity contribution in [3.63, 3.8) is 0 Å². The zero-order valence-corrected chi connectivity index (χ0v) is 10.7. The van der Waals surface area contributed by atoms with Gasteiger partial charge in [0, 0.05) is 24.5 Å². The van der Waals surface area contributed by atoms with Crippen LogP contribution in [0, 0.1) is 12.7 Å². The maximum Gasteiger partial charge on any atom is 0.251 e. The molecule has 0 fully saturated rings. The first-order valence-corrected chi connectivity index (χ1v) is 6.10. The number of aromatic nitrogens is 1. The van der Waals surface area contributed by atoms with Gasteiger partial charge in [0.15, 0.2) is 0 Å². The van der Waals surface area contributed by atoms with Crippen molar-refractivity contribution in [2.45, 2.75) is 13.3 Å². The molecule has 0 unspecified atom stereocenters. The summed E-state index contributed by atoms with van der Waals surface area (Å²) >= 11 is 0. The van der Waals surface area contributed by atoms with Crippen LogP contribution in [0.2, 0.25) is 0 Å². The zero-order chi connectivity index (χ0) is 13.7. The van der Waals surface area contributed by atoms with Crippen molar-refractivity contribution in [1.82, 2.24) is 10.3 Å². The molecule has 0 aliphatic carbocycles. The largest absolute Gasteiger partial charge is 0.352 e. The lowest BCUT2D eigenvalue weighted by atomic mass is 10.1. The molecule has 3 nitrogen and oxygen atoms in total. The lowest BCUT2D eigenvalue weighted by Gasteiger charge is -2.07. The normalized spacial score (nSPS) is 10.2. The molecule has 1 aromatic heterocycles. The summed E-state index contributed by atoms with van der Waals surface area (Å²) in [5.41, 5.74) is 2.21. The maximum absolute atomic E-state index is 12.9. The molecule has 1 amide bonds. The van der Waals surface area contributed by atoms with Gasteiger partial charge in [0.2, 0.25) is 0 Å². The predicted octanol–water partition coefficient (Wildman–Crippen LogP) is 2.50. The minimum absolute atomic E-state index is 0.179. The van der Waals surface area contributed by atoms with Gasteiger partial charge in [-0.2, -0.15) is 0 Å². The third kappa shape index (κ3) is 3.61. The van der Waals surface area contributed by atoms with Crippen LogP contribution in [-0.2, 0) is 6.42 Å². The van der Waals surface area contributed by atoms with Crippen molar-refractivity contribution in [2.75, 3.05) is 6.54 Å². The SMILES string of the molecule is Cc1cc(F)ccc1C(=O)NCCc1cccnc1. The Kier molecular flexibility index (Phi) is 4.23. The van der Waals surface area contributed by atoms with E-state index in [0.717, 1.165) is 12.0 Å². The van der Waals surface area contributed by atoms with E-state index in [-0.39, 0.29) is 11.7 Å². The standard InChI is InChI=1S/C15H15FN2O/c1-11-9-13(16)4-5-14(11)15(19)18-8-6-12-3-2-7-17-10-12/h2-5,7,9-10H,6,8H2,1H3,(H,18,19). The van der Waals surface area contributed by atoms with E-state index in [1.165, 1.54) is 18.2 Å². The van der Waals surface area contributed by atoms with E-state index in [1.54, 1.807) is 19.3 Å². The number of hydrogen-bond donors (Lipinski definition) is 1. The predicted molar refractivity (Wildman–Crippen MR) is 71.4 cm³/mol. The van der Waals surface area contributed by atoms with E-state index in [4.69, 9.17) is 0 Å². The Morgan fingerprint density at radius 3 is 2.89 bits per heavy atom. The van der Waals surface area contributed by atoms with Gasteiger partial charge in [0.05, 0.1) is 0 Å². The number of rotatable bonds is 4. The quantitative estimate of drug-likeness (QED) is 0.915. The van der Waals surface area contributed by atoms with E-state index in [0.29, 0.717) is 17.7 Å². The number of nitrogens with zero attached hydrogens (tertiary/aromatic N) is 1. The molecule has 98 valence electrons. The molecular weight excluding hydrogens is 243 g/mol. The van der Waals surface area contributed by atoms with Crippen molar-refractivity contribution < 1.29 is 9.18 Å². The second-order valence-corrected chi connectivity index (χ2v) is 4.33. The van der Waals surface area contributed by atoms with Crippen LogP contribution in [0.4, 0.5) is 4.39 Å². The Hall–Kier alpha value is -2.23. The second kappa shape index (κ2) is 6.09. The minimum atomic E-state index is -0.329. The molecule has 2 rings (SSSR count). The molecule has 0 atom stereocenters. The monoisotopic (exact) mass is 258 g/mol. The fraction of sp³-hybridized carbons (Fsp3) is 0.200. The first-order chi connectivity index (χ1) is 9.16. The summed E-state index contributed by atoms with van der Waals surface area (Å²) in [5.74, 6) is -0.509. The van der Waals surface area contributed by atoms with E-state index in [2.05, 4.69) is 10.3 Å². The Balaban J connectivity index is 1.91. The topological polar surface area (TPSA) is 42.0 Å². The van der Waals surface area contributed by atoms with Crippen LogP contribution in [0.3, 0.4) is 0 Å². The Morgan fingerprint density at radius 1 is 1.37 bits per heavy atom. The Labute approximate surface area is 111 Å². The van der Waals surface area contributed by atoms with Gasteiger partial charge >= 0.3 is 0 Å². The van der Waals surface area contributed by atoms with Crippen LogP contribution in [0.25, 0.3) is 0 Å². The van der Waals surface area contributed by atoms with Crippen LogP contribution < -0.4 is 5.32 Å². The van der Waals surface area contributed by atoms with Gasteiger partial charge in [-0.1, -0.05) is 6.07 Å². The summed E-state index contributed by atoms with van der Waals surface area (Å²) in [5, 5.41) is 2.82. The molecule has 1 N–H and O–H groups in total. The zero-order valence-electron chi connectivity index (χ0n) is 10.7. The average molecular weight is 258 g/mol. The summed E-state index contributed by atoms with van der Waals surface area (Å²) in [6, 6.07) is 7.98. The van der Waals surface area contributed by atoms with E-state index >= 15 is 0 Å². The van der Waals surface area contributed by atoms with Crippen LogP contribution in [0.1, 0.15) is 21.5 Å². The molecule has 0 saturated heterocycles. The number of carbonyl (C=O) groups excluding carboxylic acids is 1. The summed E-state index contributed by atoms with van der Waals surface area (Å²) in [4.78, 5) is 15.9. The molecular formula is C15H15FN2O. The molecule has 0 aliphatic heterocycles. The fourth-order valence-electron chi connectivity index (χ4n) is 1.84. The fourth-order valence-corrected chi connectivity index (χ4v) is 1.84. The lowest BCUT2D eigenvalue weighted by molar-refractivity contribution is 0.0953. The van der Waals surface area contributed by atoms with Crippen LogP contribution in [-0.4, -0.2) is 17.4 Å². The smallest absolute Gasteiger partial charge is 0.251 e. The number of nitrogens with one attached hydrogen (secondary N) is 1. The van der Waals surface area contributed by atoms with Crippen LogP contribution in [0.15, 0.2) is 42.7 Å². The Morgan fingerprint density at radius 2 is 2.21 bits per heavy atom. The third-order valence-corrected chi connectivity index (χ3v) is 2.86. The highest BCUT2D eigenvalue weighted by Crippen LogP contribution is 2.09. The van der Waals surface area contributed by atoms with Gasteiger partial charge in [-0.05, 0) is 48.7 Å². The van der Waals surface area contributed by atoms with E-state index in [1.807, 2.05) is 12.1 Å². The number of pyridine rings is 1.